The third-order valence-electron chi connectivity index (χ3n) is 2.30. The van der Waals surface area contributed by atoms with Crippen LogP contribution >= 0.6 is 11.8 Å². The molecule has 1 saturated carbocycles. The van der Waals surface area contributed by atoms with Gasteiger partial charge in [-0.15, -0.1) is 11.8 Å². The SMILES string of the molecule is Nc1ccc(SCCC(=O)NC2CC2)cn1. The molecule has 2 rings (SSSR count). The van der Waals surface area contributed by atoms with E-state index in [1.54, 1.807) is 24.0 Å². The van der Waals surface area contributed by atoms with Crippen LogP contribution in [0.1, 0.15) is 19.3 Å². The van der Waals surface area contributed by atoms with Crippen molar-refractivity contribution in [3.05, 3.63) is 18.3 Å². The maximum absolute atomic E-state index is 11.4. The normalized spacial score (nSPS) is 14.8. The molecular formula is C11H15N3OS. The molecule has 3 N–H and O–H groups in total. The number of anilines is 1. The van der Waals surface area contributed by atoms with E-state index in [-0.39, 0.29) is 5.91 Å². The topological polar surface area (TPSA) is 68.0 Å². The van der Waals surface area contributed by atoms with Gasteiger partial charge in [-0.25, -0.2) is 4.98 Å². The summed E-state index contributed by atoms with van der Waals surface area (Å²) in [7, 11) is 0. The highest BCUT2D eigenvalue weighted by Gasteiger charge is 2.22. The second kappa shape index (κ2) is 5.21. The van der Waals surface area contributed by atoms with Gasteiger partial charge in [0, 0.05) is 29.3 Å². The summed E-state index contributed by atoms with van der Waals surface area (Å²) in [5.74, 6) is 1.46. The monoisotopic (exact) mass is 237 g/mol. The lowest BCUT2D eigenvalue weighted by atomic mass is 10.4. The molecule has 1 amide bonds. The van der Waals surface area contributed by atoms with Crippen molar-refractivity contribution in [2.24, 2.45) is 0 Å². The molecule has 0 unspecified atom stereocenters. The fourth-order valence-electron chi connectivity index (χ4n) is 1.27. The first-order chi connectivity index (χ1) is 7.74. The van der Waals surface area contributed by atoms with E-state index in [0.717, 1.165) is 23.5 Å². The molecule has 1 fully saturated rings. The van der Waals surface area contributed by atoms with Gasteiger partial charge in [0.25, 0.3) is 0 Å². The van der Waals surface area contributed by atoms with Crippen molar-refractivity contribution in [2.75, 3.05) is 11.5 Å². The van der Waals surface area contributed by atoms with E-state index in [1.165, 1.54) is 0 Å². The molecule has 4 nitrogen and oxygen atoms in total. The predicted molar refractivity (Wildman–Crippen MR) is 65.2 cm³/mol. The van der Waals surface area contributed by atoms with Crippen LogP contribution in [0.2, 0.25) is 0 Å². The Morgan fingerprint density at radius 1 is 1.56 bits per heavy atom. The molecular weight excluding hydrogens is 222 g/mol. The van der Waals surface area contributed by atoms with Crippen LogP contribution < -0.4 is 11.1 Å². The molecule has 5 heteroatoms. The lowest BCUT2D eigenvalue weighted by molar-refractivity contribution is -0.120. The number of nitrogens with two attached hydrogens (primary N) is 1. The number of aromatic nitrogens is 1. The third-order valence-corrected chi connectivity index (χ3v) is 3.28. The first-order valence-electron chi connectivity index (χ1n) is 5.38. The number of thioether (sulfide) groups is 1. The van der Waals surface area contributed by atoms with Gasteiger partial charge in [0.05, 0.1) is 0 Å². The lowest BCUT2D eigenvalue weighted by Crippen LogP contribution is -2.25. The van der Waals surface area contributed by atoms with Crippen molar-refractivity contribution >= 4 is 23.5 Å². The smallest absolute Gasteiger partial charge is 0.221 e. The van der Waals surface area contributed by atoms with Crippen LogP contribution in [-0.2, 0) is 4.79 Å². The molecule has 0 bridgehead atoms. The summed E-state index contributed by atoms with van der Waals surface area (Å²) in [6, 6.07) is 4.15. The molecule has 0 aliphatic heterocycles. The third kappa shape index (κ3) is 3.73. The van der Waals surface area contributed by atoms with Crippen LogP contribution in [-0.4, -0.2) is 22.7 Å². The summed E-state index contributed by atoms with van der Waals surface area (Å²) in [5, 5.41) is 2.96. The highest BCUT2D eigenvalue weighted by molar-refractivity contribution is 7.99. The summed E-state index contributed by atoms with van der Waals surface area (Å²) in [6.07, 6.45) is 4.58. The second-order valence-electron chi connectivity index (χ2n) is 3.86. The zero-order valence-corrected chi connectivity index (χ0v) is 9.80. The number of rotatable bonds is 5. The van der Waals surface area contributed by atoms with Gasteiger partial charge < -0.3 is 11.1 Å². The maximum Gasteiger partial charge on any atom is 0.221 e. The average Bonchev–Trinajstić information content (AvgIpc) is 3.05. The number of carbonyl (C=O) groups excluding carboxylic acids is 1. The molecule has 1 heterocycles. The van der Waals surface area contributed by atoms with E-state index in [9.17, 15) is 4.79 Å². The molecule has 1 aliphatic rings. The van der Waals surface area contributed by atoms with Crippen molar-refractivity contribution < 1.29 is 4.79 Å². The Labute approximate surface area is 99.0 Å². The van der Waals surface area contributed by atoms with E-state index in [2.05, 4.69) is 10.3 Å². The lowest BCUT2D eigenvalue weighted by Gasteiger charge is -2.03. The van der Waals surface area contributed by atoms with Crippen molar-refractivity contribution in [1.29, 1.82) is 0 Å². The summed E-state index contributed by atoms with van der Waals surface area (Å²) < 4.78 is 0. The first-order valence-corrected chi connectivity index (χ1v) is 6.36. The number of nitrogen functional groups attached to an aromatic ring is 1. The van der Waals surface area contributed by atoms with Gasteiger partial charge in [-0.3, -0.25) is 4.79 Å². The van der Waals surface area contributed by atoms with Gasteiger partial charge in [0.1, 0.15) is 5.82 Å². The standard InChI is InChI=1S/C11H15N3OS/c12-10-4-3-9(7-13-10)16-6-5-11(15)14-8-1-2-8/h3-4,7-8H,1-2,5-6H2,(H2,12,13)(H,14,15). The fraction of sp³-hybridized carbons (Fsp3) is 0.455. The Hall–Kier alpha value is -1.23. The number of carbonyl (C=O) groups is 1. The van der Waals surface area contributed by atoms with Crippen molar-refractivity contribution in [3.63, 3.8) is 0 Å². The molecule has 0 atom stereocenters. The fourth-order valence-corrected chi connectivity index (χ4v) is 2.08. The van der Waals surface area contributed by atoms with Crippen LogP contribution in [0.5, 0.6) is 0 Å². The van der Waals surface area contributed by atoms with Crippen molar-refractivity contribution in [3.8, 4) is 0 Å². The number of hydrogen-bond donors (Lipinski definition) is 2. The second-order valence-corrected chi connectivity index (χ2v) is 5.03. The van der Waals surface area contributed by atoms with Gasteiger partial charge in [0.2, 0.25) is 5.91 Å². The number of hydrogen-bond acceptors (Lipinski definition) is 4. The van der Waals surface area contributed by atoms with E-state index in [4.69, 9.17) is 5.73 Å². The zero-order chi connectivity index (χ0) is 11.4. The maximum atomic E-state index is 11.4. The zero-order valence-electron chi connectivity index (χ0n) is 8.98. The summed E-state index contributed by atoms with van der Waals surface area (Å²) in [6.45, 7) is 0. The molecule has 86 valence electrons. The molecule has 1 aromatic rings. The van der Waals surface area contributed by atoms with Gasteiger partial charge >= 0.3 is 0 Å². The molecule has 0 radical (unpaired) electrons. The van der Waals surface area contributed by atoms with Crippen LogP contribution in [0.4, 0.5) is 5.82 Å². The molecule has 1 aliphatic carbocycles. The van der Waals surface area contributed by atoms with Gasteiger partial charge in [-0.1, -0.05) is 0 Å². The molecule has 0 spiro atoms. The highest BCUT2D eigenvalue weighted by Crippen LogP contribution is 2.20. The molecule has 1 aromatic heterocycles. The molecule has 0 saturated heterocycles. The minimum atomic E-state index is 0.151. The summed E-state index contributed by atoms with van der Waals surface area (Å²) in [4.78, 5) is 16.4. The number of amides is 1. The van der Waals surface area contributed by atoms with Crippen LogP contribution in [0, 0.1) is 0 Å². The molecule has 0 aromatic carbocycles. The van der Waals surface area contributed by atoms with Crippen molar-refractivity contribution in [2.45, 2.75) is 30.2 Å². The average molecular weight is 237 g/mol. The number of pyridine rings is 1. The van der Waals surface area contributed by atoms with Gasteiger partial charge in [0.15, 0.2) is 0 Å². The van der Waals surface area contributed by atoms with Crippen LogP contribution in [0.15, 0.2) is 23.2 Å². The summed E-state index contributed by atoms with van der Waals surface area (Å²) in [5.41, 5.74) is 5.48. The predicted octanol–water partition coefficient (Wildman–Crippen LogP) is 1.42. The van der Waals surface area contributed by atoms with Crippen LogP contribution in [0.3, 0.4) is 0 Å². The van der Waals surface area contributed by atoms with E-state index >= 15 is 0 Å². The Kier molecular flexibility index (Phi) is 3.66. The number of nitrogens with one attached hydrogen (secondary N) is 1. The minimum absolute atomic E-state index is 0.151. The highest BCUT2D eigenvalue weighted by atomic mass is 32.2. The Morgan fingerprint density at radius 2 is 2.38 bits per heavy atom. The summed E-state index contributed by atoms with van der Waals surface area (Å²) >= 11 is 1.63. The van der Waals surface area contributed by atoms with E-state index < -0.39 is 0 Å². The van der Waals surface area contributed by atoms with Gasteiger partial charge in [-0.05, 0) is 25.0 Å². The Bertz CT molecular complexity index is 362. The van der Waals surface area contributed by atoms with Crippen LogP contribution in [0.25, 0.3) is 0 Å². The molecule has 16 heavy (non-hydrogen) atoms. The van der Waals surface area contributed by atoms with Crippen molar-refractivity contribution in [1.82, 2.24) is 10.3 Å². The Morgan fingerprint density at radius 3 is 3.00 bits per heavy atom. The quantitative estimate of drug-likeness (QED) is 0.760. The first kappa shape index (κ1) is 11.3. The van der Waals surface area contributed by atoms with Gasteiger partial charge in [-0.2, -0.15) is 0 Å². The Balaban J connectivity index is 1.66. The number of nitrogens with zero attached hydrogens (tertiary/aromatic N) is 1. The van der Waals surface area contributed by atoms with E-state index in [1.807, 2.05) is 6.07 Å². The minimum Gasteiger partial charge on any atom is -0.384 e. The largest absolute Gasteiger partial charge is 0.384 e. The van der Waals surface area contributed by atoms with E-state index in [0.29, 0.717) is 18.3 Å².